The van der Waals surface area contributed by atoms with Crippen molar-refractivity contribution in [2.45, 2.75) is 90.7 Å². The topological polar surface area (TPSA) is 77.8 Å². The smallest absolute Gasteiger partial charge is 0.261 e. The Labute approximate surface area is 152 Å². The van der Waals surface area contributed by atoms with Gasteiger partial charge in [-0.15, -0.1) is 0 Å². The van der Waals surface area contributed by atoms with Crippen LogP contribution in [0.3, 0.4) is 0 Å². The number of carbonyl (C=O) groups is 2. The van der Waals surface area contributed by atoms with Crippen LogP contribution in [0, 0.1) is 5.92 Å². The fourth-order valence-corrected chi connectivity index (χ4v) is 3.49. The molecular weight excluding hydrogens is 318 g/mol. The van der Waals surface area contributed by atoms with Crippen LogP contribution in [-0.4, -0.2) is 46.0 Å². The quantitative estimate of drug-likeness (QED) is 0.414. The number of amides is 1. The highest BCUT2D eigenvalue weighted by atomic mass is 16.3. The molecule has 0 aromatic heterocycles. The number of likely N-dealkylation sites (N-methyl/N-ethyl adjacent to an activating group) is 1. The summed E-state index contributed by atoms with van der Waals surface area (Å²) in [7, 11) is 1.50. The monoisotopic (exact) mass is 353 g/mol. The molecule has 0 bridgehead atoms. The highest BCUT2D eigenvalue weighted by molar-refractivity contribution is 6.21. The molecule has 3 atom stereocenters. The van der Waals surface area contributed by atoms with Gasteiger partial charge in [-0.3, -0.25) is 9.59 Å². The number of nitrogens with zero attached hydrogens (tertiary/aromatic N) is 1. The van der Waals surface area contributed by atoms with Crippen molar-refractivity contribution >= 4 is 11.7 Å². The number of ketones is 1. The second-order valence-corrected chi connectivity index (χ2v) is 7.39. The van der Waals surface area contributed by atoms with Gasteiger partial charge in [0.15, 0.2) is 5.78 Å². The van der Waals surface area contributed by atoms with Crippen LogP contribution in [0.25, 0.3) is 0 Å². The average Bonchev–Trinajstić information content (AvgIpc) is 2.78. The van der Waals surface area contributed by atoms with Gasteiger partial charge in [0.25, 0.3) is 5.91 Å². The highest BCUT2D eigenvalue weighted by Gasteiger charge is 2.43. The number of hydrogen-bond acceptors (Lipinski definition) is 4. The summed E-state index contributed by atoms with van der Waals surface area (Å²) in [5, 5.41) is 20.0. The lowest BCUT2D eigenvalue weighted by atomic mass is 9.92. The first kappa shape index (κ1) is 21.7. The molecule has 144 valence electrons. The second kappa shape index (κ2) is 10.6. The maximum Gasteiger partial charge on any atom is 0.261 e. The minimum atomic E-state index is -0.915. The summed E-state index contributed by atoms with van der Waals surface area (Å²) in [5.41, 5.74) is -0.138. The summed E-state index contributed by atoms with van der Waals surface area (Å²) in [6.07, 6.45) is 9.44. The van der Waals surface area contributed by atoms with E-state index in [2.05, 4.69) is 6.92 Å². The Morgan fingerprint density at radius 3 is 2.08 bits per heavy atom. The summed E-state index contributed by atoms with van der Waals surface area (Å²) < 4.78 is 0. The molecule has 0 fully saturated rings. The van der Waals surface area contributed by atoms with Gasteiger partial charge in [0.05, 0.1) is 6.10 Å². The Hall–Kier alpha value is -1.36. The minimum Gasteiger partial charge on any atom is -0.509 e. The SMILES string of the molecule is CCCCCCCCCCC(C)C(=O)C1=C(O)C(C(C)O)N(C)C1=O. The van der Waals surface area contributed by atoms with E-state index < -0.39 is 18.1 Å². The van der Waals surface area contributed by atoms with Crippen molar-refractivity contribution in [3.8, 4) is 0 Å². The van der Waals surface area contributed by atoms with Crippen LogP contribution in [0.1, 0.15) is 78.6 Å². The van der Waals surface area contributed by atoms with Crippen LogP contribution >= 0.6 is 0 Å². The number of carbonyl (C=O) groups excluding carboxylic acids is 2. The molecule has 2 N–H and O–H groups in total. The zero-order valence-corrected chi connectivity index (χ0v) is 16.3. The molecule has 0 saturated heterocycles. The summed E-state index contributed by atoms with van der Waals surface area (Å²) in [6.45, 7) is 5.52. The molecule has 5 heteroatoms. The first-order chi connectivity index (χ1) is 11.8. The largest absolute Gasteiger partial charge is 0.509 e. The van der Waals surface area contributed by atoms with Crippen molar-refractivity contribution in [3.05, 3.63) is 11.3 Å². The summed E-state index contributed by atoms with van der Waals surface area (Å²) in [6, 6.07) is -0.818. The van der Waals surface area contributed by atoms with E-state index in [0.717, 1.165) is 19.3 Å². The molecule has 1 heterocycles. The molecule has 0 aliphatic carbocycles. The van der Waals surface area contributed by atoms with Gasteiger partial charge in [-0.1, -0.05) is 65.2 Å². The molecule has 1 aliphatic heterocycles. The third-order valence-corrected chi connectivity index (χ3v) is 5.13. The van der Waals surface area contributed by atoms with E-state index in [1.54, 1.807) is 0 Å². The van der Waals surface area contributed by atoms with Crippen LogP contribution in [-0.2, 0) is 9.59 Å². The third kappa shape index (κ3) is 5.84. The number of aliphatic hydroxyl groups is 2. The van der Waals surface area contributed by atoms with E-state index in [9.17, 15) is 19.8 Å². The van der Waals surface area contributed by atoms with Crippen molar-refractivity contribution < 1.29 is 19.8 Å². The Bertz CT molecular complexity index is 484. The summed E-state index contributed by atoms with van der Waals surface area (Å²) in [4.78, 5) is 26.1. The van der Waals surface area contributed by atoms with Gasteiger partial charge in [-0.25, -0.2) is 0 Å². The molecular formula is C20H35NO4. The predicted octanol–water partition coefficient (Wildman–Crippen LogP) is 3.76. The molecule has 1 aliphatic rings. The van der Waals surface area contributed by atoms with E-state index in [-0.39, 0.29) is 23.0 Å². The van der Waals surface area contributed by atoms with Gasteiger partial charge in [0.1, 0.15) is 17.4 Å². The van der Waals surface area contributed by atoms with Gasteiger partial charge >= 0.3 is 0 Å². The van der Waals surface area contributed by atoms with E-state index in [4.69, 9.17) is 0 Å². The molecule has 1 amide bonds. The van der Waals surface area contributed by atoms with Gasteiger partial charge in [0, 0.05) is 13.0 Å². The standard InChI is InChI=1S/C20H35NO4/c1-5-6-7-8-9-10-11-12-13-14(2)18(23)16-19(24)17(15(3)22)21(4)20(16)25/h14-15,17,22,24H,5-13H2,1-4H3. The van der Waals surface area contributed by atoms with Crippen molar-refractivity contribution in [2.75, 3.05) is 7.05 Å². The normalized spacial score (nSPS) is 20.3. The number of rotatable bonds is 12. The molecule has 1 rings (SSSR count). The van der Waals surface area contributed by atoms with Gasteiger partial charge < -0.3 is 15.1 Å². The fourth-order valence-electron chi connectivity index (χ4n) is 3.49. The average molecular weight is 354 g/mol. The van der Waals surface area contributed by atoms with Crippen LogP contribution in [0.4, 0.5) is 0 Å². The van der Waals surface area contributed by atoms with E-state index in [1.807, 2.05) is 6.92 Å². The Balaban J connectivity index is 2.44. The molecule has 5 nitrogen and oxygen atoms in total. The first-order valence-electron chi connectivity index (χ1n) is 9.75. The van der Waals surface area contributed by atoms with Crippen LogP contribution in [0.15, 0.2) is 11.3 Å². The van der Waals surface area contributed by atoms with Gasteiger partial charge in [-0.2, -0.15) is 0 Å². The minimum absolute atomic E-state index is 0.138. The Morgan fingerprint density at radius 1 is 1.08 bits per heavy atom. The molecule has 0 spiro atoms. The van der Waals surface area contributed by atoms with Crippen molar-refractivity contribution in [1.82, 2.24) is 4.90 Å². The number of aliphatic hydroxyl groups excluding tert-OH is 2. The Kier molecular flexibility index (Phi) is 9.19. The number of hydrogen-bond donors (Lipinski definition) is 2. The Morgan fingerprint density at radius 2 is 1.60 bits per heavy atom. The zero-order valence-electron chi connectivity index (χ0n) is 16.3. The molecule has 25 heavy (non-hydrogen) atoms. The van der Waals surface area contributed by atoms with E-state index >= 15 is 0 Å². The van der Waals surface area contributed by atoms with Crippen LogP contribution in [0.2, 0.25) is 0 Å². The van der Waals surface area contributed by atoms with Crippen LogP contribution < -0.4 is 0 Å². The van der Waals surface area contributed by atoms with E-state index in [0.29, 0.717) is 0 Å². The molecule has 3 unspecified atom stereocenters. The fraction of sp³-hybridized carbons (Fsp3) is 0.800. The lowest BCUT2D eigenvalue weighted by Crippen LogP contribution is -2.39. The lowest BCUT2D eigenvalue weighted by Gasteiger charge is -2.22. The van der Waals surface area contributed by atoms with E-state index in [1.165, 1.54) is 57.4 Å². The van der Waals surface area contributed by atoms with Gasteiger partial charge in [-0.05, 0) is 13.3 Å². The predicted molar refractivity (Wildman–Crippen MR) is 99.3 cm³/mol. The first-order valence-corrected chi connectivity index (χ1v) is 9.75. The summed E-state index contributed by atoms with van der Waals surface area (Å²) in [5.74, 6) is -1.37. The molecule has 0 radical (unpaired) electrons. The van der Waals surface area contributed by atoms with Crippen molar-refractivity contribution in [2.24, 2.45) is 5.92 Å². The van der Waals surface area contributed by atoms with Crippen LogP contribution in [0.5, 0.6) is 0 Å². The third-order valence-electron chi connectivity index (χ3n) is 5.13. The summed E-state index contributed by atoms with van der Waals surface area (Å²) >= 11 is 0. The maximum absolute atomic E-state index is 12.6. The molecule has 0 aromatic carbocycles. The number of unbranched alkanes of at least 4 members (excludes halogenated alkanes) is 7. The maximum atomic E-state index is 12.6. The van der Waals surface area contributed by atoms with Gasteiger partial charge in [0.2, 0.25) is 0 Å². The van der Waals surface area contributed by atoms with Crippen molar-refractivity contribution in [3.63, 3.8) is 0 Å². The number of Topliss-reactive ketones (excluding diaryl/α,β-unsaturated/α-hetero) is 1. The highest BCUT2D eigenvalue weighted by Crippen LogP contribution is 2.28. The second-order valence-electron chi connectivity index (χ2n) is 7.39. The molecule has 0 aromatic rings. The van der Waals surface area contributed by atoms with Crippen molar-refractivity contribution in [1.29, 1.82) is 0 Å². The zero-order chi connectivity index (χ0) is 19.0. The molecule has 0 saturated carbocycles. The lowest BCUT2D eigenvalue weighted by molar-refractivity contribution is -0.130.